The molecule has 6 heteroatoms. The summed E-state index contributed by atoms with van der Waals surface area (Å²) in [6.07, 6.45) is 11.1. The number of benzene rings is 1. The highest BCUT2D eigenvalue weighted by molar-refractivity contribution is 6.52. The third kappa shape index (κ3) is 4.35. The maximum Gasteiger partial charge on any atom is 0.269 e. The van der Waals surface area contributed by atoms with Gasteiger partial charge >= 0.3 is 0 Å². The number of Topliss-reactive ketones (excluding diaryl/α,β-unsaturated/α-hetero) is 2. The molecule has 0 bridgehead atoms. The molecule has 4 saturated carbocycles. The smallest absolute Gasteiger partial charge is 0.269 e. The zero-order valence-electron chi connectivity index (χ0n) is 29.9. The summed E-state index contributed by atoms with van der Waals surface area (Å²) in [6, 6.07) is 1.37. The molecular formula is C42H54O6. The molecule has 1 aromatic heterocycles. The van der Waals surface area contributed by atoms with Crippen molar-refractivity contribution in [2.45, 2.75) is 119 Å². The Morgan fingerprint density at radius 1 is 0.792 bits per heavy atom. The largest absolute Gasteiger partial charge is 0.507 e. The molecule has 5 aliphatic rings. The van der Waals surface area contributed by atoms with Crippen LogP contribution in [0, 0.1) is 45.3 Å². The van der Waals surface area contributed by atoms with Crippen molar-refractivity contribution in [3.8, 4) is 11.5 Å². The Labute approximate surface area is 285 Å². The van der Waals surface area contributed by atoms with Gasteiger partial charge in [0, 0.05) is 16.5 Å². The molecule has 0 aliphatic heterocycles. The molecule has 1 heterocycles. The molecule has 0 radical (unpaired) electrons. The predicted molar refractivity (Wildman–Crippen MR) is 189 cm³/mol. The minimum Gasteiger partial charge on any atom is -0.507 e. The molecule has 0 spiro atoms. The molecule has 8 atom stereocenters. The van der Waals surface area contributed by atoms with Gasteiger partial charge in [-0.25, -0.2) is 0 Å². The van der Waals surface area contributed by atoms with Crippen molar-refractivity contribution in [3.63, 3.8) is 0 Å². The van der Waals surface area contributed by atoms with E-state index in [4.69, 9.17) is 4.42 Å². The molecule has 3 N–H and O–H groups in total. The van der Waals surface area contributed by atoms with Crippen LogP contribution < -0.4 is 0 Å². The SMILES string of the molecule is C=C1CCCC2C1(C)CCC(C)C2(C)CC1=C(O)c2c(oc3c(CC4(C)C(C)CCC5(C)C(=C)CCCC54)c(O)c(O)cc23)C(=O)C1=O. The van der Waals surface area contributed by atoms with E-state index in [0.29, 0.717) is 29.2 Å². The molecule has 4 fully saturated rings. The van der Waals surface area contributed by atoms with E-state index in [1.54, 1.807) is 0 Å². The highest BCUT2D eigenvalue weighted by Crippen LogP contribution is 2.65. The number of hydrogen-bond acceptors (Lipinski definition) is 6. The predicted octanol–water partition coefficient (Wildman–Crippen LogP) is 10.4. The molecule has 1 aromatic carbocycles. The monoisotopic (exact) mass is 654 g/mol. The number of phenols is 2. The Balaban J connectivity index is 1.35. The average molecular weight is 655 g/mol. The normalized spacial score (nSPS) is 38.6. The molecule has 48 heavy (non-hydrogen) atoms. The first kappa shape index (κ1) is 33.2. The topological polar surface area (TPSA) is 108 Å². The summed E-state index contributed by atoms with van der Waals surface area (Å²) in [5.74, 6) is -1.37. The number of carbonyl (C=O) groups excluding carboxylic acids is 2. The maximum atomic E-state index is 13.9. The highest BCUT2D eigenvalue weighted by atomic mass is 16.4. The minimum atomic E-state index is -0.782. The molecule has 5 aliphatic carbocycles. The van der Waals surface area contributed by atoms with E-state index in [-0.39, 0.29) is 79.7 Å². The van der Waals surface area contributed by atoms with Crippen LogP contribution in [-0.4, -0.2) is 26.9 Å². The summed E-state index contributed by atoms with van der Waals surface area (Å²) in [7, 11) is 0. The Morgan fingerprint density at radius 3 is 1.85 bits per heavy atom. The molecule has 258 valence electrons. The van der Waals surface area contributed by atoms with Crippen LogP contribution in [0.5, 0.6) is 11.5 Å². The van der Waals surface area contributed by atoms with Gasteiger partial charge in [0.15, 0.2) is 17.3 Å². The lowest BCUT2D eigenvalue weighted by Crippen LogP contribution is -2.51. The van der Waals surface area contributed by atoms with E-state index in [0.717, 1.165) is 64.2 Å². The average Bonchev–Trinajstić information content (AvgIpc) is 3.42. The van der Waals surface area contributed by atoms with Gasteiger partial charge in [0.1, 0.15) is 11.3 Å². The minimum absolute atomic E-state index is 0.0150. The fourth-order valence-electron chi connectivity index (χ4n) is 11.8. The zero-order valence-corrected chi connectivity index (χ0v) is 29.9. The van der Waals surface area contributed by atoms with Crippen molar-refractivity contribution in [2.75, 3.05) is 0 Å². The van der Waals surface area contributed by atoms with Crippen LogP contribution in [0.25, 0.3) is 16.7 Å². The first-order chi connectivity index (χ1) is 22.5. The van der Waals surface area contributed by atoms with Crippen molar-refractivity contribution in [1.29, 1.82) is 0 Å². The number of furan rings is 1. The summed E-state index contributed by atoms with van der Waals surface area (Å²) < 4.78 is 6.25. The lowest BCUT2D eigenvalue weighted by atomic mass is 9.46. The first-order valence-corrected chi connectivity index (χ1v) is 18.4. The molecular weight excluding hydrogens is 600 g/mol. The first-order valence-electron chi connectivity index (χ1n) is 18.4. The van der Waals surface area contributed by atoms with Gasteiger partial charge in [-0.1, -0.05) is 65.8 Å². The van der Waals surface area contributed by atoms with E-state index in [2.05, 4.69) is 54.7 Å². The number of hydrogen-bond donors (Lipinski definition) is 3. The van der Waals surface area contributed by atoms with Crippen LogP contribution in [0.2, 0.25) is 0 Å². The second kappa shape index (κ2) is 10.9. The van der Waals surface area contributed by atoms with Crippen LogP contribution in [0.15, 0.2) is 40.4 Å². The van der Waals surface area contributed by atoms with Crippen molar-refractivity contribution in [2.24, 2.45) is 45.3 Å². The molecule has 8 unspecified atom stereocenters. The van der Waals surface area contributed by atoms with E-state index in [9.17, 15) is 24.9 Å². The number of ketones is 2. The van der Waals surface area contributed by atoms with E-state index in [1.807, 2.05) is 0 Å². The summed E-state index contributed by atoms with van der Waals surface area (Å²) in [4.78, 5) is 27.8. The fraction of sp³-hybridized carbons (Fsp3) is 0.619. The Kier molecular flexibility index (Phi) is 7.52. The van der Waals surface area contributed by atoms with Crippen molar-refractivity contribution >= 4 is 28.3 Å². The van der Waals surface area contributed by atoms with Crippen LogP contribution >= 0.6 is 0 Å². The van der Waals surface area contributed by atoms with Crippen LogP contribution in [0.3, 0.4) is 0 Å². The molecule has 2 aromatic rings. The molecule has 0 saturated heterocycles. The van der Waals surface area contributed by atoms with Crippen LogP contribution in [0.1, 0.15) is 134 Å². The number of fused-ring (bicyclic) bond motifs is 5. The number of aliphatic hydroxyl groups is 1. The summed E-state index contributed by atoms with van der Waals surface area (Å²) in [5.41, 5.74) is 2.88. The van der Waals surface area contributed by atoms with Gasteiger partial charge in [0.2, 0.25) is 5.78 Å². The van der Waals surface area contributed by atoms with Gasteiger partial charge in [-0.3, -0.25) is 9.59 Å². The highest BCUT2D eigenvalue weighted by Gasteiger charge is 2.57. The maximum absolute atomic E-state index is 13.9. The van der Waals surface area contributed by atoms with Gasteiger partial charge in [-0.15, -0.1) is 0 Å². The van der Waals surface area contributed by atoms with Crippen molar-refractivity contribution in [1.82, 2.24) is 0 Å². The van der Waals surface area contributed by atoms with E-state index >= 15 is 0 Å². The Morgan fingerprint density at radius 2 is 1.31 bits per heavy atom. The number of carbonyl (C=O) groups is 2. The van der Waals surface area contributed by atoms with Crippen molar-refractivity contribution in [3.05, 3.63) is 52.8 Å². The number of phenolic OH excluding ortho intramolecular Hbond substituents is 2. The Hall–Kier alpha value is -3.28. The van der Waals surface area contributed by atoms with Gasteiger partial charge in [0.05, 0.1) is 5.56 Å². The summed E-state index contributed by atoms with van der Waals surface area (Å²) >= 11 is 0. The van der Waals surface area contributed by atoms with Gasteiger partial charge in [-0.05, 0) is 128 Å². The fourth-order valence-corrected chi connectivity index (χ4v) is 11.8. The quantitative estimate of drug-likeness (QED) is 0.172. The Bertz CT molecular complexity index is 1810. The number of rotatable bonds is 4. The zero-order chi connectivity index (χ0) is 34.7. The van der Waals surface area contributed by atoms with E-state index < -0.39 is 11.6 Å². The standard InChI is InChI=1S/C42H54O6/c1-22-11-9-13-30-39(22,5)17-15-24(3)41(30,7)20-27-34(45)32-26-19-29(43)33(44)28(37(26)48-38(32)36(47)35(27)46)21-42(8)25(4)16-18-40(6)23(2)12-10-14-31(40)42/h19,24-25,30-31,43-45H,1-2,9-18,20-21H2,3-8H3. The van der Waals surface area contributed by atoms with Gasteiger partial charge in [0.25, 0.3) is 5.78 Å². The van der Waals surface area contributed by atoms with Gasteiger partial charge in [-0.2, -0.15) is 0 Å². The summed E-state index contributed by atoms with van der Waals surface area (Å²) in [6.45, 7) is 22.6. The molecule has 0 amide bonds. The third-order valence-corrected chi connectivity index (χ3v) is 15.5. The lowest BCUT2D eigenvalue weighted by Gasteiger charge is -2.59. The van der Waals surface area contributed by atoms with Crippen molar-refractivity contribution < 1.29 is 29.3 Å². The number of allylic oxidation sites excluding steroid dienone is 3. The van der Waals surface area contributed by atoms with E-state index in [1.165, 1.54) is 17.2 Å². The van der Waals surface area contributed by atoms with Crippen LogP contribution in [-0.2, 0) is 11.2 Å². The second-order valence-electron chi connectivity index (χ2n) is 17.6. The van der Waals surface area contributed by atoms with Gasteiger partial charge < -0.3 is 19.7 Å². The summed E-state index contributed by atoms with van der Waals surface area (Å²) in [5, 5.41) is 34.9. The lowest BCUT2D eigenvalue weighted by molar-refractivity contribution is -0.113. The second-order valence-corrected chi connectivity index (χ2v) is 17.6. The molecule has 6 nitrogen and oxygen atoms in total. The third-order valence-electron chi connectivity index (χ3n) is 15.5. The van der Waals surface area contributed by atoms with Crippen LogP contribution in [0.4, 0.5) is 0 Å². The number of aliphatic hydroxyl groups excluding tert-OH is 1. The number of aromatic hydroxyl groups is 2. The molecule has 7 rings (SSSR count).